The minimum Gasteiger partial charge on any atom is -0.338 e. The second kappa shape index (κ2) is 6.05. The minimum atomic E-state index is -0.159. The molecule has 0 atom stereocenters. The summed E-state index contributed by atoms with van der Waals surface area (Å²) in [4.78, 5) is 16.2. The first-order chi connectivity index (χ1) is 10.1. The molecule has 0 aliphatic carbocycles. The van der Waals surface area contributed by atoms with Crippen molar-refractivity contribution in [3.63, 3.8) is 0 Å². The Balaban J connectivity index is 1.61. The molecule has 3 rings (SSSR count). The third-order valence-electron chi connectivity index (χ3n) is 2.55. The summed E-state index contributed by atoms with van der Waals surface area (Å²) in [5.41, 5.74) is 1.57. The molecular weight excluding hydrogens is 330 g/mol. The fraction of sp³-hybridized carbons (Fsp3) is 0.154. The molecule has 0 spiro atoms. The second-order valence-corrected chi connectivity index (χ2v) is 6.95. The number of aromatic nitrogens is 2. The van der Waals surface area contributed by atoms with Crippen LogP contribution >= 0.6 is 34.7 Å². The Labute approximate surface area is 133 Å². The SMILES string of the molecule is Cc1cc(NC(=O)CSc2nc3cc(Cl)ccc3s2)on1. The summed E-state index contributed by atoms with van der Waals surface area (Å²) in [7, 11) is 0. The first-order valence-corrected chi connectivity index (χ1v) is 8.20. The van der Waals surface area contributed by atoms with Crippen LogP contribution in [0.25, 0.3) is 10.2 Å². The van der Waals surface area contributed by atoms with Gasteiger partial charge in [0.1, 0.15) is 0 Å². The molecule has 0 fully saturated rings. The zero-order valence-corrected chi connectivity index (χ0v) is 13.3. The maximum atomic E-state index is 11.8. The van der Waals surface area contributed by atoms with Gasteiger partial charge in [-0.05, 0) is 25.1 Å². The van der Waals surface area contributed by atoms with Crippen molar-refractivity contribution < 1.29 is 9.32 Å². The number of benzene rings is 1. The third-order valence-corrected chi connectivity index (χ3v) is 4.96. The van der Waals surface area contributed by atoms with Gasteiger partial charge in [-0.15, -0.1) is 11.3 Å². The van der Waals surface area contributed by atoms with E-state index in [1.54, 1.807) is 13.0 Å². The Morgan fingerprint density at radius 1 is 1.48 bits per heavy atom. The Morgan fingerprint density at radius 3 is 3.10 bits per heavy atom. The molecular formula is C13H10ClN3O2S2. The molecule has 108 valence electrons. The lowest BCUT2D eigenvalue weighted by atomic mass is 10.3. The maximum Gasteiger partial charge on any atom is 0.237 e. The third kappa shape index (κ3) is 3.55. The summed E-state index contributed by atoms with van der Waals surface area (Å²) < 4.78 is 6.81. The van der Waals surface area contributed by atoms with Crippen LogP contribution in [0.3, 0.4) is 0 Å². The van der Waals surface area contributed by atoms with Crippen molar-refractivity contribution in [3.8, 4) is 0 Å². The molecule has 1 aromatic carbocycles. The second-order valence-electron chi connectivity index (χ2n) is 4.26. The average Bonchev–Trinajstić information content (AvgIpc) is 3.02. The smallest absolute Gasteiger partial charge is 0.237 e. The van der Waals surface area contributed by atoms with E-state index >= 15 is 0 Å². The van der Waals surface area contributed by atoms with Crippen LogP contribution in [0.15, 0.2) is 33.1 Å². The normalized spacial score (nSPS) is 11.0. The molecule has 0 aliphatic heterocycles. The van der Waals surface area contributed by atoms with Crippen LogP contribution in [0, 0.1) is 6.92 Å². The van der Waals surface area contributed by atoms with Gasteiger partial charge in [-0.2, -0.15) is 0 Å². The molecule has 2 aromatic heterocycles. The highest BCUT2D eigenvalue weighted by Gasteiger charge is 2.10. The number of fused-ring (bicyclic) bond motifs is 1. The van der Waals surface area contributed by atoms with E-state index in [9.17, 15) is 4.79 Å². The van der Waals surface area contributed by atoms with Gasteiger partial charge in [0, 0.05) is 11.1 Å². The molecule has 0 saturated carbocycles. The fourth-order valence-corrected chi connectivity index (χ4v) is 3.68. The van der Waals surface area contributed by atoms with Crippen molar-refractivity contribution in [2.75, 3.05) is 11.1 Å². The monoisotopic (exact) mass is 339 g/mol. The average molecular weight is 340 g/mol. The first-order valence-electron chi connectivity index (χ1n) is 6.02. The number of nitrogens with zero attached hydrogens (tertiary/aromatic N) is 2. The Kier molecular flexibility index (Phi) is 4.14. The van der Waals surface area contributed by atoms with Crippen molar-refractivity contribution in [1.29, 1.82) is 0 Å². The maximum absolute atomic E-state index is 11.8. The van der Waals surface area contributed by atoms with Crippen molar-refractivity contribution in [3.05, 3.63) is 35.0 Å². The largest absolute Gasteiger partial charge is 0.338 e. The molecule has 1 amide bonds. The highest BCUT2D eigenvalue weighted by atomic mass is 35.5. The van der Waals surface area contributed by atoms with Crippen LogP contribution in [0.4, 0.5) is 5.88 Å². The Bertz CT molecular complexity index is 800. The summed E-state index contributed by atoms with van der Waals surface area (Å²) in [6.07, 6.45) is 0. The predicted molar refractivity (Wildman–Crippen MR) is 85.2 cm³/mol. The molecule has 0 aliphatic rings. The number of hydrogen-bond donors (Lipinski definition) is 1. The number of carbonyl (C=O) groups is 1. The summed E-state index contributed by atoms with van der Waals surface area (Å²) in [5.74, 6) is 0.454. The van der Waals surface area contributed by atoms with E-state index in [2.05, 4.69) is 15.5 Å². The number of halogens is 1. The van der Waals surface area contributed by atoms with Gasteiger partial charge in [0.25, 0.3) is 0 Å². The Morgan fingerprint density at radius 2 is 2.33 bits per heavy atom. The van der Waals surface area contributed by atoms with E-state index < -0.39 is 0 Å². The lowest BCUT2D eigenvalue weighted by Crippen LogP contribution is -2.13. The number of rotatable bonds is 4. The van der Waals surface area contributed by atoms with Crippen LogP contribution in [-0.4, -0.2) is 21.8 Å². The molecule has 5 nitrogen and oxygen atoms in total. The van der Waals surface area contributed by atoms with Crippen molar-refractivity contribution in [2.24, 2.45) is 0 Å². The summed E-state index contributed by atoms with van der Waals surface area (Å²) in [6, 6.07) is 7.24. The van der Waals surface area contributed by atoms with Gasteiger partial charge in [-0.3, -0.25) is 10.1 Å². The van der Waals surface area contributed by atoms with Crippen molar-refractivity contribution >= 4 is 56.7 Å². The Hall–Kier alpha value is -1.57. The number of amides is 1. The van der Waals surface area contributed by atoms with Gasteiger partial charge >= 0.3 is 0 Å². The quantitative estimate of drug-likeness (QED) is 0.728. The van der Waals surface area contributed by atoms with Gasteiger partial charge in [0.05, 0.1) is 21.7 Å². The van der Waals surface area contributed by atoms with Gasteiger partial charge in [-0.25, -0.2) is 4.98 Å². The molecule has 1 N–H and O–H groups in total. The zero-order chi connectivity index (χ0) is 14.8. The minimum absolute atomic E-state index is 0.159. The van der Waals surface area contributed by atoms with Gasteiger partial charge in [0.15, 0.2) is 4.34 Å². The topological polar surface area (TPSA) is 68.0 Å². The van der Waals surface area contributed by atoms with Gasteiger partial charge in [0.2, 0.25) is 11.8 Å². The lowest BCUT2D eigenvalue weighted by Gasteiger charge is -1.98. The molecule has 0 bridgehead atoms. The highest BCUT2D eigenvalue weighted by molar-refractivity contribution is 8.01. The van der Waals surface area contributed by atoms with Crippen LogP contribution in [0.5, 0.6) is 0 Å². The summed E-state index contributed by atoms with van der Waals surface area (Å²) in [6.45, 7) is 1.79. The van der Waals surface area contributed by atoms with E-state index in [0.717, 1.165) is 20.3 Å². The predicted octanol–water partition coefficient (Wildman–Crippen LogP) is 3.98. The zero-order valence-electron chi connectivity index (χ0n) is 10.9. The van der Waals surface area contributed by atoms with Crippen LogP contribution in [-0.2, 0) is 4.79 Å². The number of thioether (sulfide) groups is 1. The van der Waals surface area contributed by atoms with Gasteiger partial charge in [-0.1, -0.05) is 28.5 Å². The van der Waals surface area contributed by atoms with E-state index in [-0.39, 0.29) is 11.7 Å². The van der Waals surface area contributed by atoms with Crippen molar-refractivity contribution in [2.45, 2.75) is 11.3 Å². The van der Waals surface area contributed by atoms with E-state index in [4.69, 9.17) is 16.1 Å². The fourth-order valence-electron chi connectivity index (χ4n) is 1.66. The number of hydrogen-bond acceptors (Lipinski definition) is 6. The number of aryl methyl sites for hydroxylation is 1. The van der Waals surface area contributed by atoms with Crippen LogP contribution in [0.1, 0.15) is 5.69 Å². The van der Waals surface area contributed by atoms with Crippen LogP contribution in [0.2, 0.25) is 5.02 Å². The summed E-state index contributed by atoms with van der Waals surface area (Å²) in [5, 5.41) is 7.00. The van der Waals surface area contributed by atoms with Crippen LogP contribution < -0.4 is 5.32 Å². The van der Waals surface area contributed by atoms with E-state index in [1.165, 1.54) is 23.1 Å². The number of nitrogens with one attached hydrogen (secondary N) is 1. The van der Waals surface area contributed by atoms with Gasteiger partial charge < -0.3 is 4.52 Å². The summed E-state index contributed by atoms with van der Waals surface area (Å²) >= 11 is 8.84. The first kappa shape index (κ1) is 14.4. The standard InChI is InChI=1S/C13H10ClN3O2S2/c1-7-4-12(19-17-7)16-11(18)6-20-13-15-9-5-8(14)2-3-10(9)21-13/h2-5H,6H2,1H3,(H,16,18). The molecule has 0 saturated heterocycles. The molecule has 0 radical (unpaired) electrons. The van der Waals surface area contributed by atoms with E-state index in [0.29, 0.717) is 10.9 Å². The van der Waals surface area contributed by atoms with Crippen molar-refractivity contribution in [1.82, 2.24) is 10.1 Å². The molecule has 2 heterocycles. The molecule has 8 heteroatoms. The molecule has 3 aromatic rings. The van der Waals surface area contributed by atoms with E-state index in [1.807, 2.05) is 18.2 Å². The number of carbonyl (C=O) groups excluding carboxylic acids is 1. The lowest BCUT2D eigenvalue weighted by molar-refractivity contribution is -0.113. The molecule has 21 heavy (non-hydrogen) atoms. The highest BCUT2D eigenvalue weighted by Crippen LogP contribution is 2.30. The number of thiazole rings is 1. The molecule has 0 unspecified atom stereocenters. The number of anilines is 1.